The molecule has 1 aromatic carbocycles. The van der Waals surface area contributed by atoms with Gasteiger partial charge >= 0.3 is 0 Å². The number of carbonyl (C=O) groups excluding carboxylic acids is 2. The van der Waals surface area contributed by atoms with Crippen LogP contribution in [-0.4, -0.2) is 34.5 Å². The number of hydrogen-bond acceptors (Lipinski definition) is 5. The molecule has 0 aliphatic carbocycles. The Labute approximate surface area is 151 Å². The van der Waals surface area contributed by atoms with Gasteiger partial charge in [0.05, 0.1) is 12.9 Å². The van der Waals surface area contributed by atoms with Crippen LogP contribution >= 0.6 is 0 Å². The van der Waals surface area contributed by atoms with Crippen molar-refractivity contribution in [3.05, 3.63) is 52.7 Å². The third-order valence-corrected chi connectivity index (χ3v) is 3.50. The zero-order valence-electron chi connectivity index (χ0n) is 14.8. The highest BCUT2D eigenvalue weighted by Gasteiger charge is 2.06. The van der Waals surface area contributed by atoms with Crippen LogP contribution in [0.3, 0.4) is 0 Å². The van der Waals surface area contributed by atoms with E-state index in [2.05, 4.69) is 15.6 Å². The van der Waals surface area contributed by atoms with E-state index < -0.39 is 0 Å². The molecule has 2 aromatic rings. The summed E-state index contributed by atoms with van der Waals surface area (Å²) in [5.41, 5.74) is 1.03. The van der Waals surface area contributed by atoms with Gasteiger partial charge in [0.1, 0.15) is 18.9 Å². The largest absolute Gasteiger partial charge is 0.492 e. The molecule has 0 saturated heterocycles. The number of aromatic nitrogens is 2. The van der Waals surface area contributed by atoms with E-state index in [1.807, 2.05) is 6.92 Å². The molecule has 0 aliphatic rings. The molecule has 0 spiro atoms. The van der Waals surface area contributed by atoms with Gasteiger partial charge in [0.25, 0.3) is 5.56 Å². The molecule has 8 nitrogen and oxygen atoms in total. The van der Waals surface area contributed by atoms with Crippen LogP contribution in [0.1, 0.15) is 19.5 Å². The van der Waals surface area contributed by atoms with Crippen LogP contribution in [0, 0.1) is 0 Å². The van der Waals surface area contributed by atoms with Crippen molar-refractivity contribution in [2.75, 3.05) is 18.5 Å². The molecule has 0 radical (unpaired) electrons. The predicted molar refractivity (Wildman–Crippen MR) is 97.1 cm³/mol. The summed E-state index contributed by atoms with van der Waals surface area (Å²) >= 11 is 0. The van der Waals surface area contributed by atoms with Crippen molar-refractivity contribution < 1.29 is 14.3 Å². The molecule has 0 aliphatic heterocycles. The molecular formula is C18H22N4O4. The van der Waals surface area contributed by atoms with Crippen LogP contribution in [0.5, 0.6) is 5.75 Å². The van der Waals surface area contributed by atoms with Crippen molar-refractivity contribution in [3.63, 3.8) is 0 Å². The molecule has 8 heteroatoms. The zero-order chi connectivity index (χ0) is 18.9. The number of rotatable bonds is 8. The third kappa shape index (κ3) is 6.04. The molecule has 1 aromatic heterocycles. The Morgan fingerprint density at radius 1 is 1.23 bits per heavy atom. The van der Waals surface area contributed by atoms with Gasteiger partial charge in [-0.3, -0.25) is 19.0 Å². The summed E-state index contributed by atoms with van der Waals surface area (Å²) in [4.78, 5) is 38.8. The highest BCUT2D eigenvalue weighted by atomic mass is 16.5. The summed E-state index contributed by atoms with van der Waals surface area (Å²) < 4.78 is 6.73. The number of aryl methyl sites for hydroxylation is 1. The van der Waals surface area contributed by atoms with E-state index in [1.54, 1.807) is 24.3 Å². The summed E-state index contributed by atoms with van der Waals surface area (Å²) in [5.74, 6) is 0.201. The highest BCUT2D eigenvalue weighted by Crippen LogP contribution is 2.15. The average Bonchev–Trinajstić information content (AvgIpc) is 2.61. The van der Waals surface area contributed by atoms with E-state index >= 15 is 0 Å². The smallest absolute Gasteiger partial charge is 0.253 e. The molecule has 0 unspecified atom stereocenters. The lowest BCUT2D eigenvalue weighted by Gasteiger charge is -2.09. The number of hydrogen-bond donors (Lipinski definition) is 2. The van der Waals surface area contributed by atoms with E-state index in [-0.39, 0.29) is 23.9 Å². The van der Waals surface area contributed by atoms with Crippen LogP contribution in [-0.2, 0) is 22.6 Å². The van der Waals surface area contributed by atoms with Gasteiger partial charge in [-0.1, -0.05) is 6.92 Å². The molecule has 1 heterocycles. The maximum Gasteiger partial charge on any atom is 0.253 e. The molecule has 2 N–H and O–H groups in total. The number of anilines is 1. The number of ether oxygens (including phenoxy) is 1. The van der Waals surface area contributed by atoms with E-state index in [0.717, 1.165) is 0 Å². The third-order valence-electron chi connectivity index (χ3n) is 3.50. The monoisotopic (exact) mass is 358 g/mol. The first kappa shape index (κ1) is 19.2. The number of nitrogens with zero attached hydrogens (tertiary/aromatic N) is 2. The van der Waals surface area contributed by atoms with E-state index in [9.17, 15) is 14.4 Å². The molecule has 2 amide bonds. The Morgan fingerprint density at radius 3 is 2.58 bits per heavy atom. The summed E-state index contributed by atoms with van der Waals surface area (Å²) in [6, 6.07) is 8.26. The second kappa shape index (κ2) is 9.36. The van der Waals surface area contributed by atoms with Crippen molar-refractivity contribution in [2.45, 2.75) is 26.8 Å². The summed E-state index contributed by atoms with van der Waals surface area (Å²) in [6.07, 6.45) is 2.05. The maximum atomic E-state index is 12.1. The highest BCUT2D eigenvalue weighted by molar-refractivity contribution is 5.90. The van der Waals surface area contributed by atoms with Gasteiger partial charge < -0.3 is 15.4 Å². The Bertz CT molecular complexity index is 815. The van der Waals surface area contributed by atoms with Crippen molar-refractivity contribution in [3.8, 4) is 5.75 Å². The lowest BCUT2D eigenvalue weighted by atomic mass is 10.3. The molecule has 2 rings (SSSR count). The fraction of sp³-hybridized carbons (Fsp3) is 0.333. The van der Waals surface area contributed by atoms with Crippen molar-refractivity contribution in [1.82, 2.24) is 14.9 Å². The minimum absolute atomic E-state index is 0.106. The van der Waals surface area contributed by atoms with Gasteiger partial charge in [-0.15, -0.1) is 0 Å². The first-order valence-electron chi connectivity index (χ1n) is 8.30. The standard InChI is InChI=1S/C18H22N4O4/c1-3-14-10-18(25)22(12-20-14)11-17(24)21-15-4-6-16(7-5-15)26-9-8-19-13(2)23/h4-7,10,12H,3,8-9,11H2,1-2H3,(H,19,23)(H,21,24). The minimum atomic E-state index is -0.322. The number of amides is 2. The fourth-order valence-electron chi connectivity index (χ4n) is 2.16. The van der Waals surface area contributed by atoms with Crippen molar-refractivity contribution in [1.29, 1.82) is 0 Å². The van der Waals surface area contributed by atoms with E-state index in [4.69, 9.17) is 4.74 Å². The predicted octanol–water partition coefficient (Wildman–Crippen LogP) is 0.959. The molecular weight excluding hydrogens is 336 g/mol. The molecule has 138 valence electrons. The van der Waals surface area contributed by atoms with Crippen molar-refractivity contribution in [2.24, 2.45) is 0 Å². The average molecular weight is 358 g/mol. The molecule has 0 saturated carbocycles. The van der Waals surface area contributed by atoms with Gasteiger partial charge in [-0.2, -0.15) is 0 Å². The lowest BCUT2D eigenvalue weighted by molar-refractivity contribution is -0.119. The quantitative estimate of drug-likeness (QED) is 0.684. The minimum Gasteiger partial charge on any atom is -0.492 e. The van der Waals surface area contributed by atoms with Crippen LogP contribution in [0.2, 0.25) is 0 Å². The topological polar surface area (TPSA) is 102 Å². The summed E-state index contributed by atoms with van der Waals surface area (Å²) in [7, 11) is 0. The van der Waals surface area contributed by atoms with E-state index in [0.29, 0.717) is 36.7 Å². The zero-order valence-corrected chi connectivity index (χ0v) is 14.8. The van der Waals surface area contributed by atoms with Crippen LogP contribution in [0.15, 0.2) is 41.5 Å². The van der Waals surface area contributed by atoms with Gasteiger partial charge in [0, 0.05) is 24.4 Å². The molecule has 0 bridgehead atoms. The Morgan fingerprint density at radius 2 is 1.96 bits per heavy atom. The molecule has 0 fully saturated rings. The first-order valence-corrected chi connectivity index (χ1v) is 8.30. The second-order valence-corrected chi connectivity index (χ2v) is 5.60. The lowest BCUT2D eigenvalue weighted by Crippen LogP contribution is -2.27. The van der Waals surface area contributed by atoms with Crippen molar-refractivity contribution >= 4 is 17.5 Å². The second-order valence-electron chi connectivity index (χ2n) is 5.60. The van der Waals surface area contributed by atoms with Gasteiger partial charge in [-0.25, -0.2) is 4.98 Å². The maximum absolute atomic E-state index is 12.1. The number of benzene rings is 1. The SMILES string of the molecule is CCc1cc(=O)n(CC(=O)Nc2ccc(OCCNC(C)=O)cc2)cn1. The van der Waals surface area contributed by atoms with Crippen LogP contribution in [0.25, 0.3) is 0 Å². The fourth-order valence-corrected chi connectivity index (χ4v) is 2.16. The van der Waals surface area contributed by atoms with Gasteiger partial charge in [0.2, 0.25) is 11.8 Å². The van der Waals surface area contributed by atoms with Crippen LogP contribution < -0.4 is 20.9 Å². The molecule has 26 heavy (non-hydrogen) atoms. The summed E-state index contributed by atoms with van der Waals surface area (Å²) in [5, 5.41) is 5.35. The Hall–Kier alpha value is -3.16. The number of carbonyl (C=O) groups is 2. The summed E-state index contributed by atoms with van der Waals surface area (Å²) in [6.45, 7) is 4.03. The van der Waals surface area contributed by atoms with Crippen LogP contribution in [0.4, 0.5) is 5.69 Å². The Kier molecular flexibility index (Phi) is 6.90. The van der Waals surface area contributed by atoms with Gasteiger partial charge in [0.15, 0.2) is 0 Å². The Balaban J connectivity index is 1.85. The molecule has 0 atom stereocenters. The van der Waals surface area contributed by atoms with E-state index in [1.165, 1.54) is 23.9 Å². The number of nitrogens with one attached hydrogen (secondary N) is 2. The normalized spacial score (nSPS) is 10.2. The van der Waals surface area contributed by atoms with Gasteiger partial charge in [-0.05, 0) is 30.7 Å². The first-order chi connectivity index (χ1) is 12.5.